The molecule has 2 rings (SSSR count). The van der Waals surface area contributed by atoms with Crippen molar-refractivity contribution < 1.29 is 0 Å². The maximum Gasteiger partial charge on any atom is 0.148 e. The zero-order valence-corrected chi connectivity index (χ0v) is 11.3. The van der Waals surface area contributed by atoms with E-state index in [0.717, 1.165) is 12.1 Å². The van der Waals surface area contributed by atoms with Crippen LogP contribution in [0.25, 0.3) is 0 Å². The molecule has 0 amide bonds. The van der Waals surface area contributed by atoms with Crippen molar-refractivity contribution >= 4 is 17.4 Å². The Hall–Kier alpha value is -1.61. The molecule has 0 aliphatic heterocycles. The van der Waals surface area contributed by atoms with Crippen LogP contribution in [0, 0.1) is 6.92 Å². The molecule has 0 spiro atoms. The molecule has 0 aliphatic carbocycles. The summed E-state index contributed by atoms with van der Waals surface area (Å²) in [5.74, 6) is 0.701. The number of hydrogen-bond acceptors (Lipinski definition) is 3. The van der Waals surface area contributed by atoms with Crippen molar-refractivity contribution in [3.05, 3.63) is 52.9 Å². The zero-order chi connectivity index (χ0) is 13.0. The number of aromatic nitrogens is 2. The molecule has 1 aromatic carbocycles. The van der Waals surface area contributed by atoms with E-state index >= 15 is 0 Å². The van der Waals surface area contributed by atoms with E-state index in [1.807, 2.05) is 25.1 Å². The van der Waals surface area contributed by atoms with Gasteiger partial charge in [-0.25, -0.2) is 9.97 Å². The van der Waals surface area contributed by atoms with Crippen molar-refractivity contribution in [2.45, 2.75) is 26.3 Å². The van der Waals surface area contributed by atoms with Crippen molar-refractivity contribution in [2.75, 3.05) is 5.32 Å². The van der Waals surface area contributed by atoms with Crippen LogP contribution in [-0.2, 0) is 6.42 Å². The van der Waals surface area contributed by atoms with Gasteiger partial charge in [0.25, 0.3) is 0 Å². The van der Waals surface area contributed by atoms with Gasteiger partial charge >= 0.3 is 0 Å². The molecule has 3 nitrogen and oxygen atoms in total. The van der Waals surface area contributed by atoms with Crippen molar-refractivity contribution in [2.24, 2.45) is 0 Å². The number of benzene rings is 1. The first-order chi connectivity index (χ1) is 8.66. The van der Waals surface area contributed by atoms with Gasteiger partial charge in [-0.05, 0) is 25.8 Å². The summed E-state index contributed by atoms with van der Waals surface area (Å²) in [6.07, 6.45) is 2.46. The third-order valence-corrected chi connectivity index (χ3v) is 3.18. The van der Waals surface area contributed by atoms with Crippen LogP contribution >= 0.6 is 11.6 Å². The highest BCUT2D eigenvalue weighted by atomic mass is 35.5. The van der Waals surface area contributed by atoms with Gasteiger partial charge in [-0.15, -0.1) is 0 Å². The lowest BCUT2D eigenvalue weighted by molar-refractivity contribution is 0.783. The van der Waals surface area contributed by atoms with Gasteiger partial charge in [0.2, 0.25) is 0 Å². The first-order valence-electron chi connectivity index (χ1n) is 5.94. The summed E-state index contributed by atoms with van der Waals surface area (Å²) in [6, 6.07) is 10.6. The molecular weight excluding hydrogens is 246 g/mol. The molecule has 0 bridgehead atoms. The Balaban J connectivity index is 2.03. The summed E-state index contributed by atoms with van der Waals surface area (Å²) in [5.41, 5.74) is 2.08. The summed E-state index contributed by atoms with van der Waals surface area (Å²) in [7, 11) is 0. The Labute approximate surface area is 112 Å². The molecule has 0 fully saturated rings. The van der Waals surface area contributed by atoms with E-state index in [1.54, 1.807) is 0 Å². The van der Waals surface area contributed by atoms with Crippen LogP contribution in [0.1, 0.15) is 18.2 Å². The normalized spacial score (nSPS) is 12.2. The second-order valence-corrected chi connectivity index (χ2v) is 4.73. The fourth-order valence-corrected chi connectivity index (χ4v) is 1.96. The average molecular weight is 262 g/mol. The molecule has 1 heterocycles. The van der Waals surface area contributed by atoms with Gasteiger partial charge in [0, 0.05) is 6.04 Å². The van der Waals surface area contributed by atoms with E-state index in [0.29, 0.717) is 10.8 Å². The lowest BCUT2D eigenvalue weighted by atomic mass is 10.1. The molecule has 0 saturated carbocycles. The minimum absolute atomic E-state index is 0.263. The van der Waals surface area contributed by atoms with Crippen LogP contribution in [0.2, 0.25) is 5.02 Å². The predicted octanol–water partition coefficient (Wildman–Crippen LogP) is 3.48. The van der Waals surface area contributed by atoms with Crippen molar-refractivity contribution in [3.63, 3.8) is 0 Å². The smallest absolute Gasteiger partial charge is 0.148 e. The molecule has 0 radical (unpaired) electrons. The molecule has 0 aliphatic rings. The van der Waals surface area contributed by atoms with E-state index in [4.69, 9.17) is 11.6 Å². The maximum atomic E-state index is 6.15. The van der Waals surface area contributed by atoms with Crippen LogP contribution in [-0.4, -0.2) is 16.0 Å². The first kappa shape index (κ1) is 12.8. The van der Waals surface area contributed by atoms with Crippen molar-refractivity contribution in [3.8, 4) is 0 Å². The molecule has 1 aromatic heterocycles. The minimum atomic E-state index is 0.263. The Kier molecular flexibility index (Phi) is 4.15. The number of nitrogens with zero attached hydrogens (tertiary/aromatic N) is 2. The Morgan fingerprint density at radius 3 is 2.67 bits per heavy atom. The van der Waals surface area contributed by atoms with Crippen LogP contribution in [0.15, 0.2) is 36.7 Å². The number of halogens is 1. The highest BCUT2D eigenvalue weighted by Gasteiger charge is 2.09. The number of rotatable bonds is 4. The topological polar surface area (TPSA) is 37.8 Å². The van der Waals surface area contributed by atoms with Crippen molar-refractivity contribution in [1.82, 2.24) is 9.97 Å². The van der Waals surface area contributed by atoms with Crippen LogP contribution in [0.5, 0.6) is 0 Å². The molecule has 1 unspecified atom stereocenters. The zero-order valence-electron chi connectivity index (χ0n) is 10.5. The van der Waals surface area contributed by atoms with E-state index in [9.17, 15) is 0 Å². The van der Waals surface area contributed by atoms with Crippen molar-refractivity contribution in [1.29, 1.82) is 0 Å². The maximum absolute atomic E-state index is 6.15. The highest BCUT2D eigenvalue weighted by molar-refractivity contribution is 6.33. The largest absolute Gasteiger partial charge is 0.366 e. The predicted molar refractivity (Wildman–Crippen MR) is 75.0 cm³/mol. The average Bonchev–Trinajstić information content (AvgIpc) is 2.36. The van der Waals surface area contributed by atoms with Gasteiger partial charge < -0.3 is 5.32 Å². The lowest BCUT2D eigenvalue weighted by Crippen LogP contribution is -2.19. The first-order valence-corrected chi connectivity index (χ1v) is 6.32. The number of aryl methyl sites for hydroxylation is 1. The summed E-state index contributed by atoms with van der Waals surface area (Å²) in [5, 5.41) is 3.91. The standard InChI is InChI=1S/C14H16ClN3/c1-10(8-12-6-4-3-5-7-12)18-14-13(15)11(2)16-9-17-14/h3-7,9-10H,8H2,1-2H3,(H,16,17,18). The highest BCUT2D eigenvalue weighted by Crippen LogP contribution is 2.21. The van der Waals surface area contributed by atoms with Crippen LogP contribution in [0.4, 0.5) is 5.82 Å². The van der Waals surface area contributed by atoms with E-state index in [1.165, 1.54) is 11.9 Å². The van der Waals surface area contributed by atoms with Gasteiger partial charge in [0.05, 0.1) is 5.69 Å². The SMILES string of the molecule is Cc1ncnc(NC(C)Cc2ccccc2)c1Cl. The number of hydrogen-bond donors (Lipinski definition) is 1. The van der Waals surface area contributed by atoms with Gasteiger partial charge in [-0.3, -0.25) is 0 Å². The van der Waals surface area contributed by atoms with E-state index in [-0.39, 0.29) is 6.04 Å². The Morgan fingerprint density at radius 2 is 1.94 bits per heavy atom. The summed E-state index contributed by atoms with van der Waals surface area (Å²) in [4.78, 5) is 8.21. The molecule has 2 aromatic rings. The number of nitrogens with one attached hydrogen (secondary N) is 1. The van der Waals surface area contributed by atoms with Crippen LogP contribution in [0.3, 0.4) is 0 Å². The lowest BCUT2D eigenvalue weighted by Gasteiger charge is -2.15. The van der Waals surface area contributed by atoms with Gasteiger partial charge in [-0.1, -0.05) is 41.9 Å². The quantitative estimate of drug-likeness (QED) is 0.916. The number of anilines is 1. The second-order valence-electron chi connectivity index (χ2n) is 4.36. The molecule has 1 N–H and O–H groups in total. The molecule has 0 saturated heterocycles. The molecule has 1 atom stereocenters. The van der Waals surface area contributed by atoms with Gasteiger partial charge in [0.15, 0.2) is 0 Å². The molecule has 18 heavy (non-hydrogen) atoms. The third-order valence-electron chi connectivity index (χ3n) is 2.73. The van der Waals surface area contributed by atoms with E-state index in [2.05, 4.69) is 34.3 Å². The fourth-order valence-electron chi connectivity index (χ4n) is 1.81. The second kappa shape index (κ2) is 5.83. The molecule has 94 valence electrons. The molecular formula is C14H16ClN3. The fraction of sp³-hybridized carbons (Fsp3) is 0.286. The summed E-state index contributed by atoms with van der Waals surface area (Å²) < 4.78 is 0. The minimum Gasteiger partial charge on any atom is -0.366 e. The Morgan fingerprint density at radius 1 is 1.22 bits per heavy atom. The summed E-state index contributed by atoms with van der Waals surface area (Å²) >= 11 is 6.15. The Bertz CT molecular complexity index is 514. The van der Waals surface area contributed by atoms with Gasteiger partial charge in [0.1, 0.15) is 17.2 Å². The molecule has 4 heteroatoms. The monoisotopic (exact) mass is 261 g/mol. The van der Waals surface area contributed by atoms with E-state index < -0.39 is 0 Å². The summed E-state index contributed by atoms with van der Waals surface area (Å²) in [6.45, 7) is 3.98. The van der Waals surface area contributed by atoms with Gasteiger partial charge in [-0.2, -0.15) is 0 Å². The third kappa shape index (κ3) is 3.20. The van der Waals surface area contributed by atoms with Crippen LogP contribution < -0.4 is 5.32 Å².